The van der Waals surface area contributed by atoms with Crippen molar-refractivity contribution in [2.24, 2.45) is 0 Å². The number of hydrogen-bond donors (Lipinski definition) is 2. The van der Waals surface area contributed by atoms with Gasteiger partial charge in [-0.05, 0) is 39.5 Å². The lowest BCUT2D eigenvalue weighted by molar-refractivity contribution is -0.246. The van der Waals surface area contributed by atoms with Crippen LogP contribution in [0.3, 0.4) is 0 Å². The van der Waals surface area contributed by atoms with Gasteiger partial charge in [0.15, 0.2) is 12.6 Å². The maximum absolute atomic E-state index is 8.74. The number of ether oxygens (including phenoxy) is 3. The van der Waals surface area contributed by atoms with Gasteiger partial charge in [-0.25, -0.2) is 0 Å². The van der Waals surface area contributed by atoms with Gasteiger partial charge < -0.3 is 24.4 Å². The number of rotatable bonds is 16. The molecule has 0 aromatic heterocycles. The summed E-state index contributed by atoms with van der Waals surface area (Å²) in [5, 5.41) is 17.5. The molecular formula is C18H34O5. The quantitative estimate of drug-likeness (QED) is 0.336. The normalized spacial score (nSPS) is 14.8. The molecule has 23 heavy (non-hydrogen) atoms. The molecule has 0 aliphatic heterocycles. The lowest BCUT2D eigenvalue weighted by Crippen LogP contribution is -2.27. The van der Waals surface area contributed by atoms with Crippen molar-refractivity contribution in [1.82, 2.24) is 0 Å². The third kappa shape index (κ3) is 14.6. The van der Waals surface area contributed by atoms with Crippen molar-refractivity contribution < 1.29 is 24.4 Å². The molecule has 0 saturated heterocycles. The van der Waals surface area contributed by atoms with Gasteiger partial charge in [-0.2, -0.15) is 0 Å². The number of aliphatic hydroxyl groups is 2. The van der Waals surface area contributed by atoms with E-state index in [0.717, 1.165) is 25.7 Å². The summed E-state index contributed by atoms with van der Waals surface area (Å²) in [6.07, 6.45) is 12.0. The zero-order valence-corrected chi connectivity index (χ0v) is 14.7. The van der Waals surface area contributed by atoms with Crippen molar-refractivity contribution in [1.29, 1.82) is 0 Å². The Morgan fingerprint density at radius 1 is 0.696 bits per heavy atom. The van der Waals surface area contributed by atoms with E-state index in [4.69, 9.17) is 24.4 Å². The van der Waals surface area contributed by atoms with Gasteiger partial charge in [0, 0.05) is 39.3 Å². The number of aliphatic hydroxyl groups excluding tert-OH is 2. The second-order valence-electron chi connectivity index (χ2n) is 5.03. The highest BCUT2D eigenvalue weighted by Crippen LogP contribution is 2.14. The first-order chi connectivity index (χ1) is 11.3. The summed E-state index contributed by atoms with van der Waals surface area (Å²) in [5.74, 6) is 0. The first-order valence-corrected chi connectivity index (χ1v) is 8.68. The predicted octanol–water partition coefficient (Wildman–Crippen LogP) is 3.17. The van der Waals surface area contributed by atoms with Crippen LogP contribution in [0.2, 0.25) is 0 Å². The molecule has 0 aromatic rings. The second-order valence-corrected chi connectivity index (χ2v) is 5.03. The Balaban J connectivity index is 4.21. The van der Waals surface area contributed by atoms with Gasteiger partial charge in [0.1, 0.15) is 0 Å². The Kier molecular flexibility index (Phi) is 17.1. The van der Waals surface area contributed by atoms with Crippen molar-refractivity contribution in [3.63, 3.8) is 0 Å². The predicted molar refractivity (Wildman–Crippen MR) is 92.1 cm³/mol. The molecule has 0 aromatic carbocycles. The molecule has 0 fully saturated rings. The van der Waals surface area contributed by atoms with E-state index in [0.29, 0.717) is 26.1 Å². The van der Waals surface area contributed by atoms with Gasteiger partial charge in [-0.1, -0.05) is 24.3 Å². The van der Waals surface area contributed by atoms with Crippen LogP contribution in [0.15, 0.2) is 24.3 Å². The minimum absolute atomic E-state index is 0.179. The van der Waals surface area contributed by atoms with Crippen molar-refractivity contribution in [2.45, 2.75) is 65.0 Å². The molecule has 0 rings (SSSR count). The first kappa shape index (κ1) is 22.3. The van der Waals surface area contributed by atoms with Gasteiger partial charge in [0.05, 0.1) is 0 Å². The van der Waals surface area contributed by atoms with Crippen LogP contribution in [0.1, 0.15) is 52.4 Å². The number of hydrogen-bond acceptors (Lipinski definition) is 5. The highest BCUT2D eigenvalue weighted by molar-refractivity contribution is 4.82. The Bertz CT molecular complexity index is 263. The van der Waals surface area contributed by atoms with Crippen LogP contribution in [-0.4, -0.2) is 49.2 Å². The standard InChI is InChI=1S/C18H34O5/c1-3-21-17(13-9-5-7-11-15-19)23-18(22-4-2)14-10-6-8-12-16-20/h5-8,17-20H,3-4,9-16H2,1-2H3/b7-5+,8-6+. The van der Waals surface area contributed by atoms with Gasteiger partial charge in [0.25, 0.3) is 0 Å². The van der Waals surface area contributed by atoms with Crippen molar-refractivity contribution >= 4 is 0 Å². The van der Waals surface area contributed by atoms with E-state index in [2.05, 4.69) is 0 Å². The van der Waals surface area contributed by atoms with E-state index in [1.54, 1.807) is 0 Å². The third-order valence-corrected chi connectivity index (χ3v) is 3.07. The van der Waals surface area contributed by atoms with E-state index < -0.39 is 0 Å². The van der Waals surface area contributed by atoms with Crippen LogP contribution in [0.5, 0.6) is 0 Å². The summed E-state index contributed by atoms with van der Waals surface area (Å²) in [5.41, 5.74) is 0. The number of allylic oxidation sites excluding steroid dienone is 2. The molecule has 0 radical (unpaired) electrons. The molecule has 2 N–H and O–H groups in total. The molecule has 5 heteroatoms. The van der Waals surface area contributed by atoms with Gasteiger partial charge in [0.2, 0.25) is 0 Å². The molecule has 0 amide bonds. The van der Waals surface area contributed by atoms with Crippen LogP contribution >= 0.6 is 0 Å². The first-order valence-electron chi connectivity index (χ1n) is 8.68. The molecule has 0 spiro atoms. The zero-order valence-electron chi connectivity index (χ0n) is 14.7. The summed E-state index contributed by atoms with van der Waals surface area (Å²) in [7, 11) is 0. The summed E-state index contributed by atoms with van der Waals surface area (Å²) in [6.45, 7) is 5.45. The summed E-state index contributed by atoms with van der Waals surface area (Å²) in [6, 6.07) is 0. The molecule has 0 bridgehead atoms. The van der Waals surface area contributed by atoms with Crippen LogP contribution in [0.4, 0.5) is 0 Å². The largest absolute Gasteiger partial charge is 0.396 e. The fourth-order valence-corrected chi connectivity index (χ4v) is 2.01. The van der Waals surface area contributed by atoms with E-state index in [1.165, 1.54) is 0 Å². The van der Waals surface area contributed by atoms with E-state index in [1.807, 2.05) is 38.2 Å². The maximum atomic E-state index is 8.74. The lowest BCUT2D eigenvalue weighted by Gasteiger charge is -2.24. The smallest absolute Gasteiger partial charge is 0.161 e. The van der Waals surface area contributed by atoms with Gasteiger partial charge >= 0.3 is 0 Å². The highest BCUT2D eigenvalue weighted by atomic mass is 16.8. The average molecular weight is 330 g/mol. The summed E-state index contributed by atoms with van der Waals surface area (Å²) in [4.78, 5) is 0. The summed E-state index contributed by atoms with van der Waals surface area (Å²) < 4.78 is 17.2. The van der Waals surface area contributed by atoms with Crippen LogP contribution in [-0.2, 0) is 14.2 Å². The second kappa shape index (κ2) is 17.6. The lowest BCUT2D eigenvalue weighted by atomic mass is 10.2. The highest BCUT2D eigenvalue weighted by Gasteiger charge is 2.16. The fraction of sp³-hybridized carbons (Fsp3) is 0.778. The molecule has 2 atom stereocenters. The van der Waals surface area contributed by atoms with E-state index in [9.17, 15) is 0 Å². The van der Waals surface area contributed by atoms with E-state index >= 15 is 0 Å². The van der Waals surface area contributed by atoms with Crippen LogP contribution in [0, 0.1) is 0 Å². The minimum Gasteiger partial charge on any atom is -0.396 e. The fourth-order valence-electron chi connectivity index (χ4n) is 2.01. The van der Waals surface area contributed by atoms with Crippen molar-refractivity contribution in [2.75, 3.05) is 26.4 Å². The Morgan fingerprint density at radius 3 is 1.43 bits per heavy atom. The average Bonchev–Trinajstić information content (AvgIpc) is 2.54. The van der Waals surface area contributed by atoms with Crippen LogP contribution in [0.25, 0.3) is 0 Å². The van der Waals surface area contributed by atoms with Gasteiger partial charge in [-0.3, -0.25) is 0 Å². The molecule has 0 aliphatic carbocycles. The van der Waals surface area contributed by atoms with Gasteiger partial charge in [-0.15, -0.1) is 0 Å². The zero-order chi connectivity index (χ0) is 17.2. The third-order valence-electron chi connectivity index (χ3n) is 3.07. The van der Waals surface area contributed by atoms with Crippen molar-refractivity contribution in [3.05, 3.63) is 24.3 Å². The van der Waals surface area contributed by atoms with Crippen molar-refractivity contribution in [3.8, 4) is 0 Å². The molecule has 136 valence electrons. The minimum atomic E-state index is -0.281. The molecule has 0 heterocycles. The Morgan fingerprint density at radius 2 is 1.09 bits per heavy atom. The topological polar surface area (TPSA) is 68.2 Å². The molecular weight excluding hydrogens is 296 g/mol. The Labute approximate surface area is 140 Å². The SMILES string of the molecule is CCOC(CC/C=C/CCO)OC(CC/C=C/CCO)OCC. The molecule has 0 aliphatic rings. The monoisotopic (exact) mass is 330 g/mol. The molecule has 0 saturated carbocycles. The molecule has 5 nitrogen and oxygen atoms in total. The Hall–Kier alpha value is -0.720. The van der Waals surface area contributed by atoms with Crippen LogP contribution < -0.4 is 0 Å². The van der Waals surface area contributed by atoms with E-state index in [-0.39, 0.29) is 25.8 Å². The summed E-state index contributed by atoms with van der Waals surface area (Å²) >= 11 is 0. The maximum Gasteiger partial charge on any atom is 0.161 e. The molecule has 2 unspecified atom stereocenters.